The summed E-state index contributed by atoms with van der Waals surface area (Å²) in [5.41, 5.74) is 4.66. The van der Waals surface area contributed by atoms with E-state index in [1.165, 1.54) is 50.0 Å². The van der Waals surface area contributed by atoms with Crippen LogP contribution in [0.15, 0.2) is 58.4 Å². The Morgan fingerprint density at radius 3 is 2.38 bits per heavy atom. The van der Waals surface area contributed by atoms with Gasteiger partial charge in [-0.05, 0) is 134 Å². The Kier molecular flexibility index (Phi) is 13.4. The number of hydrogen-bond donors (Lipinski definition) is 1. The van der Waals surface area contributed by atoms with Gasteiger partial charge in [-0.15, -0.1) is 0 Å². The number of amides is 1. The van der Waals surface area contributed by atoms with Gasteiger partial charge < -0.3 is 15.0 Å². The molecular formula is C40H62N2O3. The fourth-order valence-electron chi connectivity index (χ4n) is 7.31. The van der Waals surface area contributed by atoms with Gasteiger partial charge in [-0.1, -0.05) is 57.1 Å². The van der Waals surface area contributed by atoms with Crippen LogP contribution in [-0.2, 0) is 14.3 Å². The van der Waals surface area contributed by atoms with Crippen LogP contribution in [0, 0.1) is 17.3 Å². The van der Waals surface area contributed by atoms with Crippen LogP contribution in [0.25, 0.3) is 0 Å². The number of likely N-dealkylation sites (tertiary alicyclic amines) is 1. The molecule has 0 spiro atoms. The molecule has 1 saturated carbocycles. The number of piperidine rings is 1. The average molecular weight is 619 g/mol. The summed E-state index contributed by atoms with van der Waals surface area (Å²) in [6, 6.07) is 0.206. The quantitative estimate of drug-likeness (QED) is 0.237. The fourth-order valence-corrected chi connectivity index (χ4v) is 7.31. The topological polar surface area (TPSA) is 58.6 Å². The van der Waals surface area contributed by atoms with E-state index in [4.69, 9.17) is 4.74 Å². The molecule has 250 valence electrons. The van der Waals surface area contributed by atoms with E-state index in [0.29, 0.717) is 24.5 Å². The maximum atomic E-state index is 13.3. The average Bonchev–Trinajstić information content (AvgIpc) is 3.32. The molecule has 1 unspecified atom stereocenters. The summed E-state index contributed by atoms with van der Waals surface area (Å²) < 4.78 is 6.16. The third-order valence-electron chi connectivity index (χ3n) is 10.5. The van der Waals surface area contributed by atoms with Gasteiger partial charge in [0.25, 0.3) is 5.91 Å². The molecule has 1 amide bonds. The number of nitrogens with one attached hydrogen (secondary N) is 1. The normalized spacial score (nSPS) is 25.5. The highest BCUT2D eigenvalue weighted by atomic mass is 16.5. The minimum Gasteiger partial charge on any atom is -0.494 e. The molecule has 2 heterocycles. The number of ether oxygens (including phenoxy) is 1. The number of hydrogen-bond acceptors (Lipinski definition) is 4. The molecule has 0 radical (unpaired) electrons. The zero-order valence-corrected chi connectivity index (χ0v) is 29.4. The Balaban J connectivity index is 1.14. The van der Waals surface area contributed by atoms with Crippen molar-refractivity contribution in [1.82, 2.24) is 10.2 Å². The van der Waals surface area contributed by atoms with Crippen LogP contribution in [0.5, 0.6) is 0 Å². The summed E-state index contributed by atoms with van der Waals surface area (Å²) in [4.78, 5) is 28.7. The third-order valence-corrected chi connectivity index (χ3v) is 10.5. The summed E-state index contributed by atoms with van der Waals surface area (Å²) in [5.74, 6) is 2.78. The monoisotopic (exact) mass is 618 g/mol. The SMILES string of the molecule is CCN1CCC(CCC2=CCC(C)=C(C(=O)NC3CCC(CC(=O)CCCC4=CCC(C)OC(C(C)(C)C)=C4)CC3)C=C2)CC1. The van der Waals surface area contributed by atoms with Gasteiger partial charge in [0.1, 0.15) is 11.5 Å². The van der Waals surface area contributed by atoms with Crippen molar-refractivity contribution >= 4 is 11.7 Å². The highest BCUT2D eigenvalue weighted by Gasteiger charge is 2.26. The van der Waals surface area contributed by atoms with Crippen molar-refractivity contribution in [2.24, 2.45) is 17.3 Å². The van der Waals surface area contributed by atoms with E-state index in [1.54, 1.807) is 0 Å². The van der Waals surface area contributed by atoms with Gasteiger partial charge in [0.05, 0.1) is 6.10 Å². The molecule has 45 heavy (non-hydrogen) atoms. The minimum atomic E-state index is -0.0136. The van der Waals surface area contributed by atoms with Crippen LogP contribution in [0.4, 0.5) is 0 Å². The lowest BCUT2D eigenvalue weighted by molar-refractivity contribution is -0.121. The van der Waals surface area contributed by atoms with E-state index in [2.05, 4.69) is 82.1 Å². The molecule has 0 aromatic carbocycles. The largest absolute Gasteiger partial charge is 0.494 e. The van der Waals surface area contributed by atoms with Crippen molar-refractivity contribution in [2.45, 2.75) is 144 Å². The lowest BCUT2D eigenvalue weighted by atomic mass is 9.82. The predicted molar refractivity (Wildman–Crippen MR) is 187 cm³/mol. The number of carbonyl (C=O) groups is 2. The van der Waals surface area contributed by atoms with E-state index in [-0.39, 0.29) is 23.5 Å². The lowest BCUT2D eigenvalue weighted by Gasteiger charge is -2.31. The van der Waals surface area contributed by atoms with E-state index in [9.17, 15) is 9.59 Å². The molecule has 0 aromatic heterocycles. The molecular weight excluding hydrogens is 556 g/mol. The number of ketones is 1. The molecule has 0 bridgehead atoms. The highest BCUT2D eigenvalue weighted by molar-refractivity contribution is 5.97. The Labute approximate surface area is 274 Å². The van der Waals surface area contributed by atoms with Crippen LogP contribution >= 0.6 is 0 Å². The van der Waals surface area contributed by atoms with Gasteiger partial charge in [0, 0.05) is 36.3 Å². The number of carbonyl (C=O) groups excluding carboxylic acids is 2. The maximum absolute atomic E-state index is 13.3. The van der Waals surface area contributed by atoms with Crippen molar-refractivity contribution < 1.29 is 14.3 Å². The van der Waals surface area contributed by atoms with Crippen LogP contribution in [-0.4, -0.2) is 48.4 Å². The second-order valence-electron chi connectivity index (χ2n) is 15.4. The maximum Gasteiger partial charge on any atom is 0.251 e. The highest BCUT2D eigenvalue weighted by Crippen LogP contribution is 2.33. The first-order valence-corrected chi connectivity index (χ1v) is 18.2. The standard InChI is InChI=1S/C40H62N2O3/c1-7-42-25-23-32(24-26-42)16-15-31-13-11-29(2)37(22-19-31)39(44)41-35-20-17-34(18-21-35)27-36(43)10-8-9-33-14-12-30(3)45-38(28-33)40(4,5)6/h13-14,19,22,28,30,32,34-35H,7-12,15-18,20-21,23-27H2,1-6H3,(H,41,44). The molecule has 1 atom stereocenters. The first kappa shape index (κ1) is 35.5. The van der Waals surface area contributed by atoms with Crippen LogP contribution < -0.4 is 5.32 Å². The molecule has 2 fully saturated rings. The number of allylic oxidation sites excluding steroid dienone is 7. The van der Waals surface area contributed by atoms with Crippen molar-refractivity contribution in [3.8, 4) is 0 Å². The molecule has 4 aliphatic rings. The summed E-state index contributed by atoms with van der Waals surface area (Å²) in [6.07, 6.45) is 25.2. The van der Waals surface area contributed by atoms with Crippen LogP contribution in [0.3, 0.4) is 0 Å². The fraction of sp³-hybridized carbons (Fsp3) is 0.700. The third kappa shape index (κ3) is 11.4. The summed E-state index contributed by atoms with van der Waals surface area (Å²) in [6.45, 7) is 16.7. The molecule has 1 saturated heterocycles. The molecule has 1 N–H and O–H groups in total. The Hall–Kier alpha value is -2.40. The zero-order chi connectivity index (χ0) is 32.4. The molecule has 2 aliphatic heterocycles. The van der Waals surface area contributed by atoms with Crippen molar-refractivity contribution in [3.63, 3.8) is 0 Å². The summed E-state index contributed by atoms with van der Waals surface area (Å²) in [7, 11) is 0. The van der Waals surface area contributed by atoms with E-state index in [1.807, 2.05) is 0 Å². The van der Waals surface area contributed by atoms with E-state index < -0.39 is 0 Å². The smallest absolute Gasteiger partial charge is 0.251 e. The Morgan fingerprint density at radius 2 is 1.69 bits per heavy atom. The molecule has 4 rings (SSSR count). The number of rotatable bonds is 12. The van der Waals surface area contributed by atoms with Crippen molar-refractivity contribution in [2.75, 3.05) is 19.6 Å². The molecule has 5 heteroatoms. The predicted octanol–water partition coefficient (Wildman–Crippen LogP) is 9.17. The van der Waals surface area contributed by atoms with Crippen molar-refractivity contribution in [1.29, 1.82) is 0 Å². The second kappa shape index (κ2) is 17.0. The van der Waals surface area contributed by atoms with Crippen molar-refractivity contribution in [3.05, 3.63) is 58.4 Å². The second-order valence-corrected chi connectivity index (χ2v) is 15.4. The van der Waals surface area contributed by atoms with Crippen LogP contribution in [0.2, 0.25) is 0 Å². The Bertz CT molecular complexity index is 1160. The molecule has 2 aliphatic carbocycles. The minimum absolute atomic E-state index is 0.0136. The van der Waals surface area contributed by atoms with Gasteiger partial charge in [0.2, 0.25) is 0 Å². The summed E-state index contributed by atoms with van der Waals surface area (Å²) in [5, 5.41) is 3.34. The molecule has 0 aromatic rings. The Morgan fingerprint density at radius 1 is 0.956 bits per heavy atom. The van der Waals surface area contributed by atoms with Gasteiger partial charge in [-0.2, -0.15) is 0 Å². The van der Waals surface area contributed by atoms with Crippen LogP contribution in [0.1, 0.15) is 131 Å². The lowest BCUT2D eigenvalue weighted by Crippen LogP contribution is -2.38. The molecule has 5 nitrogen and oxygen atoms in total. The first-order valence-electron chi connectivity index (χ1n) is 18.2. The van der Waals surface area contributed by atoms with Gasteiger partial charge in [-0.25, -0.2) is 0 Å². The van der Waals surface area contributed by atoms with Gasteiger partial charge >= 0.3 is 0 Å². The number of Topliss-reactive ketones (excluding diaryl/α,β-unsaturated/α-hetero) is 1. The van der Waals surface area contributed by atoms with Gasteiger partial charge in [0.15, 0.2) is 0 Å². The van der Waals surface area contributed by atoms with E-state index >= 15 is 0 Å². The summed E-state index contributed by atoms with van der Waals surface area (Å²) >= 11 is 0. The van der Waals surface area contributed by atoms with Gasteiger partial charge in [-0.3, -0.25) is 9.59 Å². The van der Waals surface area contributed by atoms with E-state index in [0.717, 1.165) is 80.6 Å². The number of nitrogens with zero attached hydrogens (tertiary/aromatic N) is 1. The first-order chi connectivity index (χ1) is 21.5. The zero-order valence-electron chi connectivity index (χ0n) is 29.4.